The van der Waals surface area contributed by atoms with Crippen molar-refractivity contribution in [2.24, 2.45) is 0 Å². The van der Waals surface area contributed by atoms with Crippen molar-refractivity contribution in [3.8, 4) is 16.9 Å². The van der Waals surface area contributed by atoms with E-state index in [4.69, 9.17) is 0 Å². The third kappa shape index (κ3) is 3.27. The summed E-state index contributed by atoms with van der Waals surface area (Å²) in [6.07, 6.45) is 1.66. The molecule has 0 aliphatic rings. The van der Waals surface area contributed by atoms with E-state index in [1.807, 2.05) is 47.3 Å². The largest absolute Gasteiger partial charge is 0.298 e. The van der Waals surface area contributed by atoms with E-state index in [1.54, 1.807) is 18.3 Å². The first-order valence-electron chi connectivity index (χ1n) is 8.14. The first-order valence-corrected chi connectivity index (χ1v) is 9.02. The fourth-order valence-corrected chi connectivity index (χ4v) is 3.24. The van der Waals surface area contributed by atoms with E-state index >= 15 is 0 Å². The maximum atomic E-state index is 12.3. The molecule has 0 fully saturated rings. The SMILES string of the molecule is Cc1cc(-c2ccccc2)n(-c2ccc(C(=O)Nc3nccs3)cc2)n1. The summed E-state index contributed by atoms with van der Waals surface area (Å²) in [7, 11) is 0. The predicted molar refractivity (Wildman–Crippen MR) is 104 cm³/mol. The minimum atomic E-state index is -0.175. The highest BCUT2D eigenvalue weighted by Crippen LogP contribution is 2.24. The highest BCUT2D eigenvalue weighted by molar-refractivity contribution is 7.13. The van der Waals surface area contributed by atoms with Gasteiger partial charge in [0.25, 0.3) is 5.91 Å². The van der Waals surface area contributed by atoms with E-state index in [-0.39, 0.29) is 5.91 Å². The summed E-state index contributed by atoms with van der Waals surface area (Å²) in [5.41, 5.74) is 4.54. The van der Waals surface area contributed by atoms with Gasteiger partial charge in [-0.3, -0.25) is 10.1 Å². The van der Waals surface area contributed by atoms with E-state index in [2.05, 4.69) is 33.6 Å². The normalized spacial score (nSPS) is 10.7. The number of rotatable bonds is 4. The Morgan fingerprint density at radius 1 is 1.08 bits per heavy atom. The van der Waals surface area contributed by atoms with E-state index in [9.17, 15) is 4.79 Å². The topological polar surface area (TPSA) is 59.8 Å². The number of anilines is 1. The van der Waals surface area contributed by atoms with Crippen molar-refractivity contribution in [2.45, 2.75) is 6.92 Å². The molecule has 1 amide bonds. The summed E-state index contributed by atoms with van der Waals surface area (Å²) in [5, 5.41) is 9.80. The molecule has 0 bridgehead atoms. The van der Waals surface area contributed by atoms with Crippen LogP contribution in [0.5, 0.6) is 0 Å². The second-order valence-corrected chi connectivity index (χ2v) is 6.68. The second kappa shape index (κ2) is 6.93. The average molecular weight is 360 g/mol. The van der Waals surface area contributed by atoms with Crippen LogP contribution in [0.4, 0.5) is 5.13 Å². The van der Waals surface area contributed by atoms with Crippen LogP contribution >= 0.6 is 11.3 Å². The monoisotopic (exact) mass is 360 g/mol. The molecule has 0 saturated heterocycles. The Hall–Kier alpha value is -3.25. The number of nitrogens with zero attached hydrogens (tertiary/aromatic N) is 3. The summed E-state index contributed by atoms with van der Waals surface area (Å²) in [5.74, 6) is -0.175. The number of thiazole rings is 1. The van der Waals surface area contributed by atoms with Crippen molar-refractivity contribution in [3.05, 3.63) is 83.5 Å². The molecule has 0 aliphatic carbocycles. The fraction of sp³-hybridized carbons (Fsp3) is 0.0500. The van der Waals surface area contributed by atoms with Gasteiger partial charge in [-0.05, 0) is 37.3 Å². The molecule has 0 unspecified atom stereocenters. The van der Waals surface area contributed by atoms with Crippen LogP contribution in [0.15, 0.2) is 72.2 Å². The van der Waals surface area contributed by atoms with Gasteiger partial charge in [-0.2, -0.15) is 5.10 Å². The average Bonchev–Trinajstić information content (AvgIpc) is 3.32. The lowest BCUT2D eigenvalue weighted by molar-refractivity contribution is 0.102. The van der Waals surface area contributed by atoms with Crippen molar-refractivity contribution in [1.29, 1.82) is 0 Å². The summed E-state index contributed by atoms with van der Waals surface area (Å²) in [6.45, 7) is 1.97. The van der Waals surface area contributed by atoms with E-state index in [0.29, 0.717) is 10.7 Å². The molecule has 26 heavy (non-hydrogen) atoms. The second-order valence-electron chi connectivity index (χ2n) is 5.79. The smallest absolute Gasteiger partial charge is 0.257 e. The van der Waals surface area contributed by atoms with Crippen molar-refractivity contribution in [1.82, 2.24) is 14.8 Å². The lowest BCUT2D eigenvalue weighted by Crippen LogP contribution is -2.11. The number of nitrogens with one attached hydrogen (secondary N) is 1. The van der Waals surface area contributed by atoms with Crippen LogP contribution in [-0.4, -0.2) is 20.7 Å². The Kier molecular flexibility index (Phi) is 4.33. The van der Waals surface area contributed by atoms with Gasteiger partial charge in [0.1, 0.15) is 0 Å². The molecule has 1 N–H and O–H groups in total. The molecule has 2 aromatic heterocycles. The van der Waals surface area contributed by atoms with Crippen molar-refractivity contribution >= 4 is 22.4 Å². The molecule has 4 aromatic rings. The number of aryl methyl sites for hydroxylation is 1. The zero-order valence-electron chi connectivity index (χ0n) is 14.1. The molecule has 0 aliphatic heterocycles. The standard InChI is InChI=1S/C20H16N4OS/c1-14-13-18(15-5-3-2-4-6-15)24(23-14)17-9-7-16(8-10-17)19(25)22-20-21-11-12-26-20/h2-13H,1H3,(H,21,22,25). The van der Waals surface area contributed by atoms with Gasteiger partial charge in [-0.15, -0.1) is 11.3 Å². The molecule has 0 atom stereocenters. The van der Waals surface area contributed by atoms with Gasteiger partial charge in [-0.25, -0.2) is 9.67 Å². The Balaban J connectivity index is 1.63. The number of carbonyl (C=O) groups excluding carboxylic acids is 1. The zero-order chi connectivity index (χ0) is 17.9. The molecule has 0 saturated carbocycles. The lowest BCUT2D eigenvalue weighted by Gasteiger charge is -2.09. The summed E-state index contributed by atoms with van der Waals surface area (Å²) >= 11 is 1.39. The molecular formula is C20H16N4OS. The Bertz CT molecular complexity index is 1020. The van der Waals surface area contributed by atoms with Gasteiger partial charge in [0, 0.05) is 22.7 Å². The molecule has 0 spiro atoms. The first kappa shape index (κ1) is 16.2. The van der Waals surface area contributed by atoms with Gasteiger partial charge in [0.2, 0.25) is 0 Å². The number of carbonyl (C=O) groups is 1. The van der Waals surface area contributed by atoms with Crippen LogP contribution in [0.25, 0.3) is 16.9 Å². The number of benzene rings is 2. The minimum absolute atomic E-state index is 0.175. The van der Waals surface area contributed by atoms with E-state index < -0.39 is 0 Å². The molecule has 128 valence electrons. The van der Waals surface area contributed by atoms with Crippen molar-refractivity contribution in [3.63, 3.8) is 0 Å². The van der Waals surface area contributed by atoms with Crippen molar-refractivity contribution < 1.29 is 4.79 Å². The predicted octanol–water partition coefficient (Wildman–Crippen LogP) is 4.56. The third-order valence-corrected chi connectivity index (χ3v) is 4.62. The Morgan fingerprint density at radius 2 is 1.85 bits per heavy atom. The van der Waals surface area contributed by atoms with Crippen molar-refractivity contribution in [2.75, 3.05) is 5.32 Å². The van der Waals surface area contributed by atoms with Crippen LogP contribution in [-0.2, 0) is 0 Å². The molecule has 5 nitrogen and oxygen atoms in total. The molecule has 4 rings (SSSR count). The molecule has 2 heterocycles. The maximum Gasteiger partial charge on any atom is 0.257 e. The highest BCUT2D eigenvalue weighted by Gasteiger charge is 2.11. The summed E-state index contributed by atoms with van der Waals surface area (Å²) in [6, 6.07) is 19.6. The number of aromatic nitrogens is 3. The molecule has 6 heteroatoms. The number of hydrogen-bond donors (Lipinski definition) is 1. The van der Waals surface area contributed by atoms with Crippen LogP contribution in [0.1, 0.15) is 16.1 Å². The highest BCUT2D eigenvalue weighted by atomic mass is 32.1. The molecule has 2 aromatic carbocycles. The third-order valence-electron chi connectivity index (χ3n) is 3.93. The molecule has 0 radical (unpaired) electrons. The van der Waals surface area contributed by atoms with Gasteiger partial charge < -0.3 is 0 Å². The van der Waals surface area contributed by atoms with E-state index in [1.165, 1.54) is 11.3 Å². The fourth-order valence-electron chi connectivity index (χ4n) is 2.72. The van der Waals surface area contributed by atoms with E-state index in [0.717, 1.165) is 22.6 Å². The van der Waals surface area contributed by atoms with Gasteiger partial charge >= 0.3 is 0 Å². The lowest BCUT2D eigenvalue weighted by atomic mass is 10.1. The zero-order valence-corrected chi connectivity index (χ0v) is 14.9. The quantitative estimate of drug-likeness (QED) is 0.580. The number of amides is 1. The van der Waals surface area contributed by atoms with Crippen LogP contribution in [0, 0.1) is 6.92 Å². The van der Waals surface area contributed by atoms with Crippen LogP contribution in [0.2, 0.25) is 0 Å². The summed E-state index contributed by atoms with van der Waals surface area (Å²) < 4.78 is 1.90. The van der Waals surface area contributed by atoms with Gasteiger partial charge in [0.15, 0.2) is 5.13 Å². The molecular weight excluding hydrogens is 344 g/mol. The van der Waals surface area contributed by atoms with Crippen LogP contribution in [0.3, 0.4) is 0 Å². The van der Waals surface area contributed by atoms with Gasteiger partial charge in [0.05, 0.1) is 17.1 Å². The number of hydrogen-bond acceptors (Lipinski definition) is 4. The maximum absolute atomic E-state index is 12.3. The Labute approximate surface area is 155 Å². The Morgan fingerprint density at radius 3 is 2.54 bits per heavy atom. The first-order chi connectivity index (χ1) is 12.7. The van der Waals surface area contributed by atoms with Crippen LogP contribution < -0.4 is 5.32 Å². The summed E-state index contributed by atoms with van der Waals surface area (Å²) in [4.78, 5) is 16.4. The van der Waals surface area contributed by atoms with Gasteiger partial charge in [-0.1, -0.05) is 30.3 Å². The minimum Gasteiger partial charge on any atom is -0.298 e.